The van der Waals surface area contributed by atoms with Gasteiger partial charge >= 0.3 is 6.03 Å². The number of amides is 3. The van der Waals surface area contributed by atoms with E-state index in [0.717, 1.165) is 35.4 Å². The number of aryl methyl sites for hydroxylation is 1. The van der Waals surface area contributed by atoms with E-state index in [1.165, 1.54) is 10.4 Å². The minimum Gasteiger partial charge on any atom is -0.491 e. The summed E-state index contributed by atoms with van der Waals surface area (Å²) in [6.45, 7) is 9.88. The number of benzene rings is 2. The number of rotatable bonds is 9. The number of hydrogen-bond acceptors (Lipinski definition) is 4. The molecule has 3 aromatic rings. The third-order valence-electron chi connectivity index (χ3n) is 6.78. The molecule has 37 heavy (non-hydrogen) atoms. The molecule has 0 unspecified atom stereocenters. The van der Waals surface area contributed by atoms with Crippen LogP contribution in [0.4, 0.5) is 10.5 Å². The molecule has 0 saturated carbocycles. The van der Waals surface area contributed by atoms with Crippen molar-refractivity contribution in [2.24, 2.45) is 0 Å². The Kier molecular flexibility index (Phi) is 8.87. The lowest BCUT2D eigenvalue weighted by atomic mass is 10.00. The first-order valence-electron chi connectivity index (χ1n) is 13.1. The molecule has 0 radical (unpaired) electrons. The molecule has 6 nitrogen and oxygen atoms in total. The molecule has 1 aliphatic rings. The van der Waals surface area contributed by atoms with Gasteiger partial charge in [0.25, 0.3) is 0 Å². The molecule has 7 heteroatoms. The lowest BCUT2D eigenvalue weighted by Gasteiger charge is -2.37. The summed E-state index contributed by atoms with van der Waals surface area (Å²) in [4.78, 5) is 31.5. The van der Waals surface area contributed by atoms with Gasteiger partial charge < -0.3 is 19.9 Å². The maximum atomic E-state index is 13.6. The Labute approximate surface area is 224 Å². The smallest absolute Gasteiger partial charge is 0.322 e. The summed E-state index contributed by atoms with van der Waals surface area (Å²) in [5.74, 6) is 1.19. The molecule has 0 aliphatic carbocycles. The number of thiophene rings is 1. The third kappa shape index (κ3) is 6.72. The normalized spacial score (nSPS) is 14.8. The highest BCUT2D eigenvalue weighted by molar-refractivity contribution is 7.10. The Morgan fingerprint density at radius 2 is 1.84 bits per heavy atom. The lowest BCUT2D eigenvalue weighted by Crippen LogP contribution is -2.48. The average Bonchev–Trinajstić information content (AvgIpc) is 3.37. The molecule has 1 aromatic heterocycles. The van der Waals surface area contributed by atoms with E-state index >= 15 is 0 Å². The Bertz CT molecular complexity index is 1190. The number of hydrogen-bond donors (Lipinski definition) is 1. The zero-order chi connectivity index (χ0) is 26.4. The van der Waals surface area contributed by atoms with Gasteiger partial charge in [-0.3, -0.25) is 4.79 Å². The van der Waals surface area contributed by atoms with Crippen LogP contribution in [0.1, 0.15) is 60.7 Å². The summed E-state index contributed by atoms with van der Waals surface area (Å²) in [6.07, 6.45) is 1.59. The summed E-state index contributed by atoms with van der Waals surface area (Å²) in [7, 11) is 0. The van der Waals surface area contributed by atoms with Crippen LogP contribution in [0.3, 0.4) is 0 Å². The van der Waals surface area contributed by atoms with Crippen molar-refractivity contribution in [3.63, 3.8) is 0 Å². The molecule has 3 amide bonds. The van der Waals surface area contributed by atoms with Gasteiger partial charge in [0.15, 0.2) is 0 Å². The lowest BCUT2D eigenvalue weighted by molar-refractivity contribution is -0.135. The van der Waals surface area contributed by atoms with E-state index in [1.54, 1.807) is 16.2 Å². The maximum absolute atomic E-state index is 13.6. The SMILES string of the molecule is CCCN(CC(=O)N1CCc2sccc2[C@H]1COc1ccc(C(C)C)cc1)C(=O)Nc1ccc(C)cc1. The van der Waals surface area contributed by atoms with Gasteiger partial charge in [0.2, 0.25) is 5.91 Å². The molecule has 1 N–H and O–H groups in total. The molecule has 0 spiro atoms. The van der Waals surface area contributed by atoms with Crippen LogP contribution in [0.5, 0.6) is 5.75 Å². The van der Waals surface area contributed by atoms with Crippen molar-refractivity contribution in [1.29, 1.82) is 0 Å². The first-order valence-corrected chi connectivity index (χ1v) is 13.9. The highest BCUT2D eigenvalue weighted by Crippen LogP contribution is 2.34. The van der Waals surface area contributed by atoms with Gasteiger partial charge in [-0.25, -0.2) is 4.79 Å². The maximum Gasteiger partial charge on any atom is 0.322 e. The van der Waals surface area contributed by atoms with Crippen molar-refractivity contribution in [2.45, 2.75) is 52.5 Å². The predicted octanol–water partition coefficient (Wildman–Crippen LogP) is 6.63. The molecule has 196 valence electrons. The number of nitrogens with zero attached hydrogens (tertiary/aromatic N) is 2. The topological polar surface area (TPSA) is 61.9 Å². The first-order chi connectivity index (χ1) is 17.9. The van der Waals surface area contributed by atoms with Crippen molar-refractivity contribution < 1.29 is 14.3 Å². The summed E-state index contributed by atoms with van der Waals surface area (Å²) < 4.78 is 6.19. The van der Waals surface area contributed by atoms with Crippen molar-refractivity contribution in [2.75, 3.05) is 31.6 Å². The largest absolute Gasteiger partial charge is 0.491 e. The van der Waals surface area contributed by atoms with Crippen molar-refractivity contribution in [3.05, 3.63) is 81.5 Å². The second kappa shape index (κ2) is 12.3. The van der Waals surface area contributed by atoms with Gasteiger partial charge in [-0.15, -0.1) is 11.3 Å². The minimum atomic E-state index is -0.259. The van der Waals surface area contributed by atoms with Crippen LogP contribution in [0.2, 0.25) is 0 Å². The average molecular weight is 520 g/mol. The van der Waals surface area contributed by atoms with Crippen LogP contribution in [0, 0.1) is 6.92 Å². The van der Waals surface area contributed by atoms with Crippen molar-refractivity contribution in [1.82, 2.24) is 9.80 Å². The molecule has 0 saturated heterocycles. The molecule has 1 aliphatic heterocycles. The summed E-state index contributed by atoms with van der Waals surface area (Å²) in [5, 5.41) is 5.02. The number of fused-ring (bicyclic) bond motifs is 1. The van der Waals surface area contributed by atoms with Gasteiger partial charge in [0.1, 0.15) is 18.9 Å². The summed E-state index contributed by atoms with van der Waals surface area (Å²) >= 11 is 1.73. The molecular formula is C30H37N3O3S. The van der Waals surface area contributed by atoms with Crippen LogP contribution in [-0.2, 0) is 11.2 Å². The van der Waals surface area contributed by atoms with Crippen LogP contribution in [0.15, 0.2) is 60.0 Å². The third-order valence-corrected chi connectivity index (χ3v) is 7.78. The van der Waals surface area contributed by atoms with E-state index in [0.29, 0.717) is 25.6 Å². The Morgan fingerprint density at radius 1 is 1.11 bits per heavy atom. The number of urea groups is 1. The number of ether oxygens (including phenoxy) is 1. The molecule has 2 heterocycles. The highest BCUT2D eigenvalue weighted by atomic mass is 32.1. The van der Waals surface area contributed by atoms with Gasteiger partial charge in [-0.1, -0.05) is 50.6 Å². The van der Waals surface area contributed by atoms with E-state index in [1.807, 2.05) is 55.1 Å². The molecule has 0 fully saturated rings. The molecule has 2 aromatic carbocycles. The van der Waals surface area contributed by atoms with Crippen LogP contribution >= 0.6 is 11.3 Å². The standard InChI is InChI=1S/C30H37N3O3S/c1-5-16-32(30(35)31-24-10-6-22(4)7-11-24)19-29(34)33-17-14-28-26(15-18-37-28)27(33)20-36-25-12-8-23(9-13-25)21(2)3/h6-13,15,18,21,27H,5,14,16-17,19-20H2,1-4H3,(H,31,35)/t27-/m1/s1. The van der Waals surface area contributed by atoms with Crippen LogP contribution < -0.4 is 10.1 Å². The zero-order valence-corrected chi connectivity index (χ0v) is 23.0. The van der Waals surface area contributed by atoms with E-state index in [2.05, 4.69) is 42.7 Å². The monoisotopic (exact) mass is 519 g/mol. The van der Waals surface area contributed by atoms with Gasteiger partial charge in [0.05, 0.1) is 6.04 Å². The minimum absolute atomic E-state index is 0.0323. The fraction of sp³-hybridized carbons (Fsp3) is 0.400. The summed E-state index contributed by atoms with van der Waals surface area (Å²) in [5.41, 5.74) is 4.26. The Hall–Kier alpha value is -3.32. The summed E-state index contributed by atoms with van der Waals surface area (Å²) in [6, 6.07) is 17.5. The second-order valence-electron chi connectivity index (χ2n) is 9.90. The number of carbonyl (C=O) groups is 2. The van der Waals surface area contributed by atoms with Crippen molar-refractivity contribution in [3.8, 4) is 5.75 Å². The van der Waals surface area contributed by atoms with Crippen LogP contribution in [0.25, 0.3) is 0 Å². The van der Waals surface area contributed by atoms with Gasteiger partial charge in [-0.2, -0.15) is 0 Å². The van der Waals surface area contributed by atoms with E-state index in [9.17, 15) is 9.59 Å². The number of anilines is 1. The number of nitrogens with one attached hydrogen (secondary N) is 1. The zero-order valence-electron chi connectivity index (χ0n) is 22.2. The second-order valence-corrected chi connectivity index (χ2v) is 10.9. The Morgan fingerprint density at radius 3 is 2.51 bits per heavy atom. The highest BCUT2D eigenvalue weighted by Gasteiger charge is 2.33. The molecule has 4 rings (SSSR count). The van der Waals surface area contributed by atoms with E-state index in [4.69, 9.17) is 4.74 Å². The van der Waals surface area contributed by atoms with Crippen LogP contribution in [-0.4, -0.2) is 48.0 Å². The fourth-order valence-electron chi connectivity index (χ4n) is 4.61. The van der Waals surface area contributed by atoms with Crippen molar-refractivity contribution >= 4 is 29.0 Å². The fourth-order valence-corrected chi connectivity index (χ4v) is 5.54. The quantitative estimate of drug-likeness (QED) is 0.345. The van der Waals surface area contributed by atoms with E-state index < -0.39 is 0 Å². The Balaban J connectivity index is 1.46. The van der Waals surface area contributed by atoms with Gasteiger partial charge in [-0.05, 0) is 72.5 Å². The first kappa shape index (κ1) is 26.7. The molecule has 1 atom stereocenters. The predicted molar refractivity (Wildman–Crippen MR) is 151 cm³/mol. The van der Waals surface area contributed by atoms with E-state index in [-0.39, 0.29) is 24.5 Å². The number of carbonyl (C=O) groups excluding carboxylic acids is 2. The molecular weight excluding hydrogens is 482 g/mol. The van der Waals surface area contributed by atoms with Gasteiger partial charge in [0, 0.05) is 23.7 Å². The molecule has 0 bridgehead atoms.